The highest BCUT2D eigenvalue weighted by Crippen LogP contribution is 2.56. The van der Waals surface area contributed by atoms with Crippen LogP contribution in [0.4, 0.5) is 0 Å². The monoisotopic (exact) mass is 268 g/mol. The van der Waals surface area contributed by atoms with Crippen LogP contribution in [-0.2, 0) is 0 Å². The Morgan fingerprint density at radius 1 is 0.900 bits per heavy atom. The quantitative estimate of drug-likeness (QED) is 0.808. The zero-order valence-electron chi connectivity index (χ0n) is 12.0. The predicted octanol–water partition coefficient (Wildman–Crippen LogP) is 4.35. The minimum absolute atomic E-state index is 0.437. The van der Waals surface area contributed by atoms with E-state index in [9.17, 15) is 5.11 Å². The summed E-state index contributed by atoms with van der Waals surface area (Å²) in [6, 6.07) is 10.0. The largest absolute Gasteiger partial charge is 0.384 e. The summed E-state index contributed by atoms with van der Waals surface area (Å²) < 4.78 is 0. The topological polar surface area (TPSA) is 20.2 Å². The van der Waals surface area contributed by atoms with Crippen LogP contribution in [0.2, 0.25) is 0 Å². The van der Waals surface area contributed by atoms with Gasteiger partial charge in [0.15, 0.2) is 0 Å². The molecule has 1 nitrogen and oxygen atoms in total. The van der Waals surface area contributed by atoms with Crippen molar-refractivity contribution in [3.8, 4) is 0 Å². The van der Waals surface area contributed by atoms with Gasteiger partial charge in [-0.3, -0.25) is 0 Å². The van der Waals surface area contributed by atoms with Gasteiger partial charge in [-0.2, -0.15) is 0 Å². The Morgan fingerprint density at radius 3 is 2.10 bits per heavy atom. The van der Waals surface area contributed by atoms with E-state index in [1.54, 1.807) is 0 Å². The second kappa shape index (κ2) is 5.04. The molecule has 0 radical (unpaired) electrons. The van der Waals surface area contributed by atoms with E-state index in [0.717, 1.165) is 35.2 Å². The standard InChI is InChI=1S/C19H24O/c20-19(15-4-2-1-3-5-15)7-6-18-16-9-13-8-14(11-16)12-17(18)10-13/h1-7,13-14,16-20H,8-12H2/b7-6+/t13?,14?,16?,17?,18?,19-/m0/s1. The maximum absolute atomic E-state index is 10.3. The van der Waals surface area contributed by atoms with E-state index in [4.69, 9.17) is 0 Å². The Bertz CT molecular complexity index is 462. The van der Waals surface area contributed by atoms with Crippen LogP contribution < -0.4 is 0 Å². The summed E-state index contributed by atoms with van der Waals surface area (Å²) in [5.41, 5.74) is 1.01. The number of hydrogen-bond acceptors (Lipinski definition) is 1. The van der Waals surface area contributed by atoms with E-state index in [-0.39, 0.29) is 0 Å². The first-order chi connectivity index (χ1) is 9.79. The normalized spacial score (nSPS) is 40.4. The van der Waals surface area contributed by atoms with Crippen LogP contribution >= 0.6 is 0 Å². The van der Waals surface area contributed by atoms with Gasteiger partial charge < -0.3 is 5.11 Å². The molecule has 0 saturated heterocycles. The van der Waals surface area contributed by atoms with Crippen molar-refractivity contribution in [3.05, 3.63) is 48.0 Å². The number of aliphatic hydroxyl groups is 1. The van der Waals surface area contributed by atoms with Crippen molar-refractivity contribution >= 4 is 0 Å². The molecule has 1 heteroatoms. The second-order valence-electron chi connectivity index (χ2n) is 7.25. The highest BCUT2D eigenvalue weighted by molar-refractivity contribution is 5.21. The smallest absolute Gasteiger partial charge is 0.0971 e. The Kier molecular flexibility index (Phi) is 3.18. The van der Waals surface area contributed by atoms with Crippen molar-refractivity contribution in [1.82, 2.24) is 0 Å². The summed E-state index contributed by atoms with van der Waals surface area (Å²) in [6.07, 6.45) is 11.3. The number of benzene rings is 1. The zero-order valence-corrected chi connectivity index (χ0v) is 12.0. The SMILES string of the molecule is O[C@@H](/C=C/C1C2CC3CC(C2)CC1C3)c1ccccc1. The molecule has 1 atom stereocenters. The number of allylic oxidation sites excluding steroid dienone is 1. The van der Waals surface area contributed by atoms with E-state index in [2.05, 4.69) is 6.08 Å². The first-order valence-corrected chi connectivity index (χ1v) is 8.21. The van der Waals surface area contributed by atoms with E-state index in [1.807, 2.05) is 36.4 Å². The summed E-state index contributed by atoms with van der Waals surface area (Å²) in [5.74, 6) is 4.61. The van der Waals surface area contributed by atoms with Crippen molar-refractivity contribution in [2.24, 2.45) is 29.6 Å². The lowest BCUT2D eigenvalue weighted by atomic mass is 9.52. The lowest BCUT2D eigenvalue weighted by Gasteiger charge is -2.53. The van der Waals surface area contributed by atoms with Gasteiger partial charge in [-0.25, -0.2) is 0 Å². The minimum Gasteiger partial charge on any atom is -0.384 e. The first kappa shape index (κ1) is 12.6. The molecule has 0 aliphatic heterocycles. The molecule has 4 saturated carbocycles. The molecule has 1 N–H and O–H groups in total. The Balaban J connectivity index is 1.48. The fourth-order valence-corrected chi connectivity index (χ4v) is 5.28. The molecular weight excluding hydrogens is 244 g/mol. The van der Waals surface area contributed by atoms with Crippen LogP contribution in [0.15, 0.2) is 42.5 Å². The molecule has 0 unspecified atom stereocenters. The van der Waals surface area contributed by atoms with Crippen LogP contribution in [0.1, 0.15) is 43.8 Å². The Labute approximate surface area is 121 Å². The average Bonchev–Trinajstić information content (AvgIpc) is 2.46. The molecule has 0 heterocycles. The molecular formula is C19H24O. The van der Waals surface area contributed by atoms with E-state index in [0.29, 0.717) is 0 Å². The highest BCUT2D eigenvalue weighted by atomic mass is 16.3. The summed E-state index contributed by atoms with van der Waals surface area (Å²) in [5, 5.41) is 10.3. The third kappa shape index (κ3) is 2.22. The molecule has 4 aliphatic rings. The van der Waals surface area contributed by atoms with Gasteiger partial charge in [-0.1, -0.05) is 42.5 Å². The third-order valence-corrected chi connectivity index (χ3v) is 5.96. The van der Waals surface area contributed by atoms with Gasteiger partial charge in [0.05, 0.1) is 6.10 Å². The molecule has 4 bridgehead atoms. The second-order valence-corrected chi connectivity index (χ2v) is 7.25. The molecule has 0 spiro atoms. The molecule has 1 aromatic carbocycles. The molecule has 0 aromatic heterocycles. The summed E-state index contributed by atoms with van der Waals surface area (Å²) in [4.78, 5) is 0. The number of rotatable bonds is 3. The van der Waals surface area contributed by atoms with Gasteiger partial charge in [0.2, 0.25) is 0 Å². The lowest BCUT2D eigenvalue weighted by molar-refractivity contribution is -0.0165. The van der Waals surface area contributed by atoms with Crippen LogP contribution in [0.25, 0.3) is 0 Å². The van der Waals surface area contributed by atoms with Crippen LogP contribution in [0, 0.1) is 29.6 Å². The molecule has 106 valence electrons. The van der Waals surface area contributed by atoms with Gasteiger partial charge in [0.25, 0.3) is 0 Å². The number of aliphatic hydroxyl groups excluding tert-OH is 1. The Morgan fingerprint density at radius 2 is 1.50 bits per heavy atom. The predicted molar refractivity (Wildman–Crippen MR) is 81.1 cm³/mol. The number of hydrogen-bond donors (Lipinski definition) is 1. The molecule has 5 rings (SSSR count). The van der Waals surface area contributed by atoms with Crippen LogP contribution in [0.3, 0.4) is 0 Å². The van der Waals surface area contributed by atoms with E-state index < -0.39 is 6.10 Å². The minimum atomic E-state index is -0.437. The molecule has 20 heavy (non-hydrogen) atoms. The Hall–Kier alpha value is -1.08. The maximum Gasteiger partial charge on any atom is 0.0971 e. The summed E-state index contributed by atoms with van der Waals surface area (Å²) in [6.45, 7) is 0. The van der Waals surface area contributed by atoms with Crippen molar-refractivity contribution in [2.45, 2.75) is 38.2 Å². The van der Waals surface area contributed by atoms with Gasteiger partial charge >= 0.3 is 0 Å². The van der Waals surface area contributed by atoms with Crippen molar-refractivity contribution in [2.75, 3.05) is 0 Å². The molecule has 4 fully saturated rings. The van der Waals surface area contributed by atoms with Crippen LogP contribution in [0.5, 0.6) is 0 Å². The van der Waals surface area contributed by atoms with Gasteiger partial charge in [0.1, 0.15) is 0 Å². The first-order valence-electron chi connectivity index (χ1n) is 8.21. The van der Waals surface area contributed by atoms with Crippen LogP contribution in [-0.4, -0.2) is 5.11 Å². The highest BCUT2D eigenvalue weighted by Gasteiger charge is 2.47. The van der Waals surface area contributed by atoms with Crippen molar-refractivity contribution in [1.29, 1.82) is 0 Å². The summed E-state index contributed by atoms with van der Waals surface area (Å²) >= 11 is 0. The van der Waals surface area contributed by atoms with Crippen molar-refractivity contribution in [3.63, 3.8) is 0 Å². The summed E-state index contributed by atoms with van der Waals surface area (Å²) in [7, 11) is 0. The molecule has 4 aliphatic carbocycles. The van der Waals surface area contributed by atoms with E-state index >= 15 is 0 Å². The van der Waals surface area contributed by atoms with Gasteiger partial charge in [0, 0.05) is 0 Å². The zero-order chi connectivity index (χ0) is 13.5. The van der Waals surface area contributed by atoms with E-state index in [1.165, 1.54) is 32.1 Å². The van der Waals surface area contributed by atoms with Crippen molar-refractivity contribution < 1.29 is 5.11 Å². The molecule has 1 aromatic rings. The fraction of sp³-hybridized carbons (Fsp3) is 0.579. The lowest BCUT2D eigenvalue weighted by Crippen LogP contribution is -2.44. The third-order valence-electron chi connectivity index (χ3n) is 5.96. The van der Waals surface area contributed by atoms with Gasteiger partial charge in [-0.15, -0.1) is 0 Å². The maximum atomic E-state index is 10.3. The van der Waals surface area contributed by atoms with Gasteiger partial charge in [-0.05, 0) is 67.3 Å². The average molecular weight is 268 g/mol. The molecule has 0 amide bonds. The fourth-order valence-electron chi connectivity index (χ4n) is 5.28.